The highest BCUT2D eigenvalue weighted by molar-refractivity contribution is 6.03. The minimum atomic E-state index is -1.02. The number of piperidine rings is 1. The van der Waals surface area contributed by atoms with Crippen LogP contribution in [0.1, 0.15) is 35.7 Å². The quantitative estimate of drug-likeness (QED) is 0.789. The molecule has 0 aromatic heterocycles. The number of nitrogens with one attached hydrogen (secondary N) is 2. The lowest BCUT2D eigenvalue weighted by atomic mass is 9.92. The molecule has 1 aliphatic heterocycles. The molecule has 0 bridgehead atoms. The van der Waals surface area contributed by atoms with Gasteiger partial charge in [-0.15, -0.1) is 0 Å². The highest BCUT2D eigenvalue weighted by atomic mass is 16.4. The summed E-state index contributed by atoms with van der Waals surface area (Å²) in [5.74, 6) is -0.935. The fraction of sp³-hybridized carbons (Fsp3) is 0.467. The number of aryl methyl sites for hydroxylation is 1. The lowest BCUT2D eigenvalue weighted by molar-refractivity contribution is -0.119. The number of anilines is 1. The molecule has 3 N–H and O–H groups in total. The maximum Gasteiger partial charge on any atom is 0.338 e. The van der Waals surface area contributed by atoms with Crippen molar-refractivity contribution in [2.75, 3.05) is 11.9 Å². The van der Waals surface area contributed by atoms with Crippen molar-refractivity contribution in [1.82, 2.24) is 5.32 Å². The zero-order valence-electron chi connectivity index (χ0n) is 11.8. The number of carbonyl (C=O) groups excluding carboxylic acids is 1. The molecule has 1 fully saturated rings. The van der Waals surface area contributed by atoms with E-state index in [1.54, 1.807) is 25.1 Å². The number of hydrogen-bond donors (Lipinski definition) is 3. The number of rotatable bonds is 3. The number of carboxylic acids is 1. The Morgan fingerprint density at radius 1 is 1.40 bits per heavy atom. The first-order valence-corrected chi connectivity index (χ1v) is 6.88. The predicted octanol–water partition coefficient (Wildman–Crippen LogP) is 2.02. The van der Waals surface area contributed by atoms with Crippen molar-refractivity contribution < 1.29 is 14.7 Å². The Labute approximate surface area is 118 Å². The first-order valence-electron chi connectivity index (χ1n) is 6.88. The first kappa shape index (κ1) is 14.5. The van der Waals surface area contributed by atoms with Gasteiger partial charge in [0.25, 0.3) is 0 Å². The second-order valence-electron chi connectivity index (χ2n) is 5.34. The van der Waals surface area contributed by atoms with Gasteiger partial charge in [0.1, 0.15) is 0 Å². The zero-order valence-corrected chi connectivity index (χ0v) is 11.8. The van der Waals surface area contributed by atoms with Gasteiger partial charge in [-0.05, 0) is 43.9 Å². The number of hydrogen-bond acceptors (Lipinski definition) is 3. The zero-order chi connectivity index (χ0) is 14.7. The smallest absolute Gasteiger partial charge is 0.338 e. The summed E-state index contributed by atoms with van der Waals surface area (Å²) in [5, 5.41) is 15.2. The average molecular weight is 276 g/mol. The van der Waals surface area contributed by atoms with Crippen molar-refractivity contribution in [3.05, 3.63) is 29.3 Å². The molecule has 5 nitrogen and oxygen atoms in total. The molecular weight excluding hydrogens is 256 g/mol. The Hall–Kier alpha value is -1.88. The molecule has 0 spiro atoms. The molecule has 1 aromatic carbocycles. The van der Waals surface area contributed by atoms with Crippen LogP contribution in [0.5, 0.6) is 0 Å². The summed E-state index contributed by atoms with van der Waals surface area (Å²) < 4.78 is 0. The van der Waals surface area contributed by atoms with E-state index in [2.05, 4.69) is 10.6 Å². The van der Waals surface area contributed by atoms with E-state index in [4.69, 9.17) is 0 Å². The lowest BCUT2D eigenvalue weighted by Crippen LogP contribution is -2.48. The molecule has 5 heteroatoms. The van der Waals surface area contributed by atoms with Gasteiger partial charge in [-0.25, -0.2) is 4.79 Å². The average Bonchev–Trinajstić information content (AvgIpc) is 2.38. The third-order valence-electron chi connectivity index (χ3n) is 3.80. The van der Waals surface area contributed by atoms with E-state index in [0.29, 0.717) is 11.3 Å². The third kappa shape index (κ3) is 2.99. The van der Waals surface area contributed by atoms with E-state index in [0.717, 1.165) is 19.4 Å². The van der Waals surface area contributed by atoms with Gasteiger partial charge in [0.2, 0.25) is 5.91 Å². The fourth-order valence-corrected chi connectivity index (χ4v) is 2.67. The normalized spacial score (nSPS) is 22.3. The molecule has 1 saturated heterocycles. The second-order valence-corrected chi connectivity index (χ2v) is 5.34. The molecule has 1 heterocycles. The van der Waals surface area contributed by atoms with Crippen molar-refractivity contribution >= 4 is 17.6 Å². The van der Waals surface area contributed by atoms with Crippen molar-refractivity contribution in [3.8, 4) is 0 Å². The summed E-state index contributed by atoms with van der Waals surface area (Å²) in [4.78, 5) is 23.6. The number of amides is 1. The number of carbonyl (C=O) groups is 2. The summed E-state index contributed by atoms with van der Waals surface area (Å²) in [5.41, 5.74) is 1.16. The van der Waals surface area contributed by atoms with Crippen LogP contribution >= 0.6 is 0 Å². The fourth-order valence-electron chi connectivity index (χ4n) is 2.67. The SMILES string of the molecule is Cc1cccc(NC(=O)C2NCCCC2C)c1C(=O)O. The van der Waals surface area contributed by atoms with Crippen molar-refractivity contribution in [2.45, 2.75) is 32.7 Å². The molecule has 0 aliphatic carbocycles. The Bertz CT molecular complexity index is 528. The van der Waals surface area contributed by atoms with Gasteiger partial charge in [-0.1, -0.05) is 19.1 Å². The highest BCUT2D eigenvalue weighted by Crippen LogP contribution is 2.22. The van der Waals surface area contributed by atoms with Crippen LogP contribution in [0.15, 0.2) is 18.2 Å². The van der Waals surface area contributed by atoms with Gasteiger partial charge < -0.3 is 15.7 Å². The minimum absolute atomic E-state index is 0.157. The van der Waals surface area contributed by atoms with Gasteiger partial charge in [-0.2, -0.15) is 0 Å². The maximum atomic E-state index is 12.3. The number of aromatic carboxylic acids is 1. The molecule has 0 radical (unpaired) electrons. The molecule has 1 amide bonds. The van der Waals surface area contributed by atoms with Gasteiger partial charge in [0, 0.05) is 0 Å². The maximum absolute atomic E-state index is 12.3. The van der Waals surface area contributed by atoms with Crippen molar-refractivity contribution in [1.29, 1.82) is 0 Å². The topological polar surface area (TPSA) is 78.4 Å². The van der Waals surface area contributed by atoms with E-state index in [9.17, 15) is 14.7 Å². The van der Waals surface area contributed by atoms with Crippen LogP contribution in [0.4, 0.5) is 5.69 Å². The van der Waals surface area contributed by atoms with Gasteiger partial charge in [-0.3, -0.25) is 4.79 Å². The molecule has 108 valence electrons. The van der Waals surface area contributed by atoms with E-state index in [1.165, 1.54) is 0 Å². The van der Waals surface area contributed by atoms with Crippen LogP contribution < -0.4 is 10.6 Å². The standard InChI is InChI=1S/C15H20N2O3/c1-9-5-3-7-11(12(9)15(19)20)17-14(18)13-10(2)6-4-8-16-13/h3,5,7,10,13,16H,4,6,8H2,1-2H3,(H,17,18)(H,19,20). The molecule has 1 aromatic rings. The molecule has 20 heavy (non-hydrogen) atoms. The van der Waals surface area contributed by atoms with Crippen LogP contribution in [0, 0.1) is 12.8 Å². The van der Waals surface area contributed by atoms with Gasteiger partial charge in [0.15, 0.2) is 0 Å². The van der Waals surface area contributed by atoms with Crippen LogP contribution in [0.25, 0.3) is 0 Å². The number of benzene rings is 1. The van der Waals surface area contributed by atoms with E-state index < -0.39 is 5.97 Å². The Morgan fingerprint density at radius 3 is 2.80 bits per heavy atom. The Morgan fingerprint density at radius 2 is 2.15 bits per heavy atom. The molecule has 0 saturated carbocycles. The van der Waals surface area contributed by atoms with Crippen LogP contribution in [0.3, 0.4) is 0 Å². The summed E-state index contributed by atoms with van der Waals surface area (Å²) in [7, 11) is 0. The first-order chi connectivity index (χ1) is 9.50. The van der Waals surface area contributed by atoms with Gasteiger partial charge >= 0.3 is 5.97 Å². The van der Waals surface area contributed by atoms with Crippen LogP contribution in [-0.2, 0) is 4.79 Å². The summed E-state index contributed by atoms with van der Waals surface area (Å²) in [6, 6.07) is 4.84. The summed E-state index contributed by atoms with van der Waals surface area (Å²) >= 11 is 0. The van der Waals surface area contributed by atoms with E-state index >= 15 is 0 Å². The lowest BCUT2D eigenvalue weighted by Gasteiger charge is -2.29. The minimum Gasteiger partial charge on any atom is -0.478 e. The monoisotopic (exact) mass is 276 g/mol. The van der Waals surface area contributed by atoms with Crippen molar-refractivity contribution in [2.24, 2.45) is 5.92 Å². The summed E-state index contributed by atoms with van der Waals surface area (Å²) in [6.07, 6.45) is 2.07. The van der Waals surface area contributed by atoms with E-state index in [1.807, 2.05) is 6.92 Å². The second kappa shape index (κ2) is 6.05. The van der Waals surface area contributed by atoms with Crippen LogP contribution in [0.2, 0.25) is 0 Å². The Balaban J connectivity index is 2.19. The largest absolute Gasteiger partial charge is 0.478 e. The van der Waals surface area contributed by atoms with Gasteiger partial charge in [0.05, 0.1) is 17.3 Å². The molecule has 2 unspecified atom stereocenters. The third-order valence-corrected chi connectivity index (χ3v) is 3.80. The molecule has 1 aliphatic rings. The number of carboxylic acid groups (broad SMARTS) is 1. The summed E-state index contributed by atoms with van der Waals surface area (Å²) in [6.45, 7) is 4.58. The molecule has 2 rings (SSSR count). The predicted molar refractivity (Wildman–Crippen MR) is 77.0 cm³/mol. The highest BCUT2D eigenvalue weighted by Gasteiger charge is 2.28. The van der Waals surface area contributed by atoms with Crippen LogP contribution in [-0.4, -0.2) is 29.6 Å². The Kier molecular flexibility index (Phi) is 4.39. The van der Waals surface area contributed by atoms with Crippen molar-refractivity contribution in [3.63, 3.8) is 0 Å². The van der Waals surface area contributed by atoms with E-state index in [-0.39, 0.29) is 23.4 Å². The molecular formula is C15H20N2O3. The molecule has 2 atom stereocenters.